The predicted molar refractivity (Wildman–Crippen MR) is 117 cm³/mol. The summed E-state index contributed by atoms with van der Waals surface area (Å²) in [6.07, 6.45) is 0. The fourth-order valence-corrected chi connectivity index (χ4v) is 3.72. The van der Waals surface area contributed by atoms with Gasteiger partial charge in [-0.15, -0.1) is 0 Å². The summed E-state index contributed by atoms with van der Waals surface area (Å²) in [5, 5.41) is 6.12. The number of halogens is 1. The third kappa shape index (κ3) is 5.20. The quantitative estimate of drug-likeness (QED) is 0.624. The summed E-state index contributed by atoms with van der Waals surface area (Å²) >= 11 is 6.38. The molecule has 2 aromatic rings. The van der Waals surface area contributed by atoms with Gasteiger partial charge in [-0.05, 0) is 30.7 Å². The maximum atomic E-state index is 12.9. The van der Waals surface area contributed by atoms with Crippen molar-refractivity contribution >= 4 is 23.6 Å². The number of carbonyl (C=O) groups is 2. The third-order valence-corrected chi connectivity index (χ3v) is 5.29. The van der Waals surface area contributed by atoms with Crippen LogP contribution in [0.5, 0.6) is 0 Å². The number of rotatable bonds is 8. The van der Waals surface area contributed by atoms with E-state index in [0.29, 0.717) is 34.9 Å². The van der Waals surface area contributed by atoms with Gasteiger partial charge in [0.2, 0.25) is 0 Å². The van der Waals surface area contributed by atoms with E-state index in [1.807, 2.05) is 37.3 Å². The number of carbonyl (C=O) groups excluding carboxylic acids is 2. The molecule has 0 radical (unpaired) electrons. The van der Waals surface area contributed by atoms with Crippen LogP contribution in [0.25, 0.3) is 0 Å². The lowest BCUT2D eigenvalue weighted by atomic mass is 9.95. The maximum absolute atomic E-state index is 12.9. The van der Waals surface area contributed by atoms with Crippen molar-refractivity contribution in [1.82, 2.24) is 15.5 Å². The van der Waals surface area contributed by atoms with Gasteiger partial charge >= 0.3 is 12.0 Å². The molecule has 0 fully saturated rings. The number of amides is 2. The van der Waals surface area contributed by atoms with E-state index >= 15 is 0 Å². The molecule has 2 amide bonds. The molecular weight excluding hydrogens is 402 g/mol. The van der Waals surface area contributed by atoms with Crippen LogP contribution < -0.4 is 10.6 Å². The van der Waals surface area contributed by atoms with Crippen molar-refractivity contribution in [2.24, 2.45) is 0 Å². The lowest BCUT2D eigenvalue weighted by Gasteiger charge is -2.32. The molecular formula is C23H26ClN3O3. The van der Waals surface area contributed by atoms with Gasteiger partial charge in [-0.1, -0.05) is 67.1 Å². The molecule has 0 saturated heterocycles. The summed E-state index contributed by atoms with van der Waals surface area (Å²) in [6.45, 7) is 5.87. The Bertz CT molecular complexity index is 930. The standard InChI is InChI=1S/C23H26ClN3O3/c1-3-27(14-16-10-6-5-7-11-16)15-19-20(22(28)30-4-2)21(26-23(29)25-19)17-12-8-9-13-18(17)24/h5-13,21H,3-4,14-15H2,1-2H3,(H2,25,26,29)/t21-/m1/s1. The first-order valence-corrected chi connectivity index (χ1v) is 10.4. The summed E-state index contributed by atoms with van der Waals surface area (Å²) in [4.78, 5) is 27.5. The number of hydrogen-bond donors (Lipinski definition) is 2. The highest BCUT2D eigenvalue weighted by Crippen LogP contribution is 2.32. The van der Waals surface area contributed by atoms with Crippen molar-refractivity contribution in [3.8, 4) is 0 Å². The lowest BCUT2D eigenvalue weighted by molar-refractivity contribution is -0.139. The van der Waals surface area contributed by atoms with Gasteiger partial charge in [0.05, 0.1) is 18.2 Å². The molecule has 0 bridgehead atoms. The third-order valence-electron chi connectivity index (χ3n) is 4.94. The summed E-state index contributed by atoms with van der Waals surface area (Å²) in [5.74, 6) is -0.472. The lowest BCUT2D eigenvalue weighted by Crippen LogP contribution is -2.48. The molecule has 0 aromatic heterocycles. The van der Waals surface area contributed by atoms with Crippen LogP contribution in [0.1, 0.15) is 31.0 Å². The highest BCUT2D eigenvalue weighted by atomic mass is 35.5. The second-order valence-corrected chi connectivity index (χ2v) is 7.36. The fraction of sp³-hybridized carbons (Fsp3) is 0.304. The van der Waals surface area contributed by atoms with Crippen molar-refractivity contribution in [3.63, 3.8) is 0 Å². The van der Waals surface area contributed by atoms with Crippen LogP contribution in [0, 0.1) is 0 Å². The van der Waals surface area contributed by atoms with E-state index in [0.717, 1.165) is 12.1 Å². The van der Waals surface area contributed by atoms with Crippen molar-refractivity contribution in [2.45, 2.75) is 26.4 Å². The largest absolute Gasteiger partial charge is 0.463 e. The van der Waals surface area contributed by atoms with Gasteiger partial charge in [0.15, 0.2) is 0 Å². The first kappa shape index (κ1) is 21.9. The van der Waals surface area contributed by atoms with Crippen LogP contribution in [0.15, 0.2) is 65.9 Å². The van der Waals surface area contributed by atoms with E-state index in [2.05, 4.69) is 27.7 Å². The highest BCUT2D eigenvalue weighted by Gasteiger charge is 2.35. The molecule has 0 saturated carbocycles. The zero-order chi connectivity index (χ0) is 21.5. The Kier molecular flexibility index (Phi) is 7.49. The Morgan fingerprint density at radius 2 is 1.77 bits per heavy atom. The normalized spacial score (nSPS) is 16.3. The first-order chi connectivity index (χ1) is 14.5. The number of urea groups is 1. The van der Waals surface area contributed by atoms with E-state index in [1.165, 1.54) is 0 Å². The van der Waals surface area contributed by atoms with Gasteiger partial charge < -0.3 is 15.4 Å². The minimum absolute atomic E-state index is 0.236. The summed E-state index contributed by atoms with van der Waals surface area (Å²) in [6, 6.07) is 16.2. The van der Waals surface area contributed by atoms with E-state index in [-0.39, 0.29) is 12.6 Å². The highest BCUT2D eigenvalue weighted by molar-refractivity contribution is 6.31. The Morgan fingerprint density at radius 3 is 2.43 bits per heavy atom. The van der Waals surface area contributed by atoms with Crippen LogP contribution in [-0.4, -0.2) is 36.6 Å². The van der Waals surface area contributed by atoms with Gasteiger partial charge in [0, 0.05) is 23.8 Å². The number of likely N-dealkylation sites (N-methyl/N-ethyl adjacent to an activating group) is 1. The Labute approximate surface area is 181 Å². The molecule has 3 rings (SSSR count). The monoisotopic (exact) mass is 427 g/mol. The number of esters is 1. The molecule has 0 spiro atoms. The molecule has 30 heavy (non-hydrogen) atoms. The smallest absolute Gasteiger partial charge is 0.338 e. The van der Waals surface area contributed by atoms with E-state index < -0.39 is 12.0 Å². The number of benzene rings is 2. The summed E-state index contributed by atoms with van der Waals surface area (Å²) < 4.78 is 5.32. The second-order valence-electron chi connectivity index (χ2n) is 6.95. The molecule has 2 N–H and O–H groups in total. The zero-order valence-electron chi connectivity index (χ0n) is 17.2. The minimum atomic E-state index is -0.683. The number of nitrogens with zero attached hydrogens (tertiary/aromatic N) is 1. The first-order valence-electron chi connectivity index (χ1n) is 10.0. The van der Waals surface area contributed by atoms with E-state index in [4.69, 9.17) is 16.3 Å². The van der Waals surface area contributed by atoms with Gasteiger partial charge in [-0.2, -0.15) is 0 Å². The molecule has 1 aliphatic rings. The molecule has 6 nitrogen and oxygen atoms in total. The molecule has 0 unspecified atom stereocenters. The van der Waals surface area contributed by atoms with Gasteiger partial charge in [-0.3, -0.25) is 4.90 Å². The van der Waals surface area contributed by atoms with Gasteiger partial charge in [0.25, 0.3) is 0 Å². The van der Waals surface area contributed by atoms with Crippen LogP contribution in [-0.2, 0) is 16.1 Å². The second kappa shape index (κ2) is 10.3. The Morgan fingerprint density at radius 1 is 1.07 bits per heavy atom. The van der Waals surface area contributed by atoms with Crippen molar-refractivity contribution in [1.29, 1.82) is 0 Å². The van der Waals surface area contributed by atoms with Crippen LogP contribution in [0.3, 0.4) is 0 Å². The minimum Gasteiger partial charge on any atom is -0.463 e. The molecule has 1 aliphatic heterocycles. The average molecular weight is 428 g/mol. The Hall–Kier alpha value is -2.83. The number of hydrogen-bond acceptors (Lipinski definition) is 4. The number of nitrogens with one attached hydrogen (secondary N) is 2. The topological polar surface area (TPSA) is 70.7 Å². The fourth-order valence-electron chi connectivity index (χ4n) is 3.48. The summed E-state index contributed by atoms with van der Waals surface area (Å²) in [7, 11) is 0. The van der Waals surface area contributed by atoms with E-state index in [9.17, 15) is 9.59 Å². The molecule has 0 aliphatic carbocycles. The Balaban J connectivity index is 1.99. The van der Waals surface area contributed by atoms with Crippen molar-refractivity contribution < 1.29 is 14.3 Å². The average Bonchev–Trinajstić information content (AvgIpc) is 2.74. The number of ether oxygens (including phenoxy) is 1. The van der Waals surface area contributed by atoms with E-state index in [1.54, 1.807) is 19.1 Å². The maximum Gasteiger partial charge on any atom is 0.338 e. The zero-order valence-corrected chi connectivity index (χ0v) is 17.9. The van der Waals surface area contributed by atoms with Gasteiger partial charge in [0.1, 0.15) is 0 Å². The van der Waals surface area contributed by atoms with Crippen molar-refractivity contribution in [3.05, 3.63) is 82.0 Å². The van der Waals surface area contributed by atoms with Crippen LogP contribution in [0.2, 0.25) is 5.02 Å². The SMILES string of the molecule is CCOC(=O)C1=C(CN(CC)Cc2ccccc2)NC(=O)N[C@@H]1c1ccccc1Cl. The predicted octanol–water partition coefficient (Wildman–Crippen LogP) is 4.03. The van der Waals surface area contributed by atoms with Crippen LogP contribution in [0.4, 0.5) is 4.79 Å². The molecule has 7 heteroatoms. The summed E-state index contributed by atoms with van der Waals surface area (Å²) in [5.41, 5.74) is 2.71. The molecule has 158 valence electrons. The van der Waals surface area contributed by atoms with Crippen molar-refractivity contribution in [2.75, 3.05) is 19.7 Å². The van der Waals surface area contributed by atoms with Gasteiger partial charge in [-0.25, -0.2) is 9.59 Å². The molecule has 1 heterocycles. The molecule has 1 atom stereocenters. The molecule has 2 aromatic carbocycles. The van der Waals surface area contributed by atoms with Crippen LogP contribution >= 0.6 is 11.6 Å².